The molecule has 0 unspecified atom stereocenters. The number of amides is 1. The van der Waals surface area contributed by atoms with E-state index in [1.165, 1.54) is 29.8 Å². The molecule has 3 rings (SSSR count). The number of carbonyl (C=O) groups is 2. The van der Waals surface area contributed by atoms with Crippen LogP contribution in [-0.4, -0.2) is 40.5 Å². The van der Waals surface area contributed by atoms with E-state index in [1.54, 1.807) is 43.5 Å². The predicted octanol–water partition coefficient (Wildman–Crippen LogP) is 4.18. The number of furan rings is 1. The Morgan fingerprint density at radius 3 is 2.74 bits per heavy atom. The number of ether oxygens (including phenoxy) is 1. The van der Waals surface area contributed by atoms with E-state index in [9.17, 15) is 9.59 Å². The fourth-order valence-electron chi connectivity index (χ4n) is 2.64. The summed E-state index contributed by atoms with van der Waals surface area (Å²) in [5.74, 6) is -0.0599. The van der Waals surface area contributed by atoms with E-state index in [1.807, 2.05) is 12.1 Å². The van der Waals surface area contributed by atoms with Crippen molar-refractivity contribution in [1.82, 2.24) is 9.97 Å². The highest BCUT2D eigenvalue weighted by atomic mass is 32.2. The van der Waals surface area contributed by atoms with E-state index < -0.39 is 18.5 Å². The van der Waals surface area contributed by atoms with Crippen molar-refractivity contribution in [2.45, 2.75) is 16.8 Å². The molecule has 158 valence electrons. The molecule has 10 heteroatoms. The number of rotatable bonds is 8. The molecule has 1 aromatic carbocycles. The Bertz CT molecular complexity index is 1130. The third kappa shape index (κ3) is 5.65. The summed E-state index contributed by atoms with van der Waals surface area (Å²) in [6, 6.07) is 12.6. The Balaban J connectivity index is 1.68. The quantitative estimate of drug-likeness (QED) is 0.304. The summed E-state index contributed by atoms with van der Waals surface area (Å²) in [6.07, 6.45) is 3.30. The zero-order valence-corrected chi connectivity index (χ0v) is 18.4. The third-order valence-corrected chi connectivity index (χ3v) is 5.61. The van der Waals surface area contributed by atoms with Gasteiger partial charge in [-0.3, -0.25) is 4.79 Å². The summed E-state index contributed by atoms with van der Waals surface area (Å²) in [6.45, 7) is 1.20. The molecule has 1 N–H and O–H groups in total. The van der Waals surface area contributed by atoms with Crippen molar-refractivity contribution < 1.29 is 18.7 Å². The van der Waals surface area contributed by atoms with E-state index in [-0.39, 0.29) is 11.3 Å². The van der Waals surface area contributed by atoms with Crippen molar-refractivity contribution in [2.24, 2.45) is 0 Å². The lowest BCUT2D eigenvalue weighted by atomic mass is 10.2. The Kier molecular flexibility index (Phi) is 7.70. The average molecular weight is 455 g/mol. The highest BCUT2D eigenvalue weighted by Crippen LogP contribution is 2.27. The molecule has 2 aromatic heterocycles. The number of hydrogen-bond acceptors (Lipinski definition) is 9. The van der Waals surface area contributed by atoms with Crippen molar-refractivity contribution in [3.8, 4) is 17.7 Å². The molecule has 1 amide bonds. The molecular weight excluding hydrogens is 436 g/mol. The monoisotopic (exact) mass is 454 g/mol. The van der Waals surface area contributed by atoms with Gasteiger partial charge in [-0.2, -0.15) is 5.26 Å². The van der Waals surface area contributed by atoms with Gasteiger partial charge in [-0.05, 0) is 37.4 Å². The number of nitriles is 1. The number of nitrogens with zero attached hydrogens (tertiary/aromatic N) is 3. The Hall–Kier alpha value is -3.29. The summed E-state index contributed by atoms with van der Waals surface area (Å²) in [5.41, 5.74) is 1.19. The maximum atomic E-state index is 12.6. The number of aromatic nitrogens is 2. The minimum atomic E-state index is -0.685. The van der Waals surface area contributed by atoms with E-state index in [4.69, 9.17) is 14.4 Å². The van der Waals surface area contributed by atoms with Crippen LogP contribution in [0.3, 0.4) is 0 Å². The lowest BCUT2D eigenvalue weighted by molar-refractivity contribution is -0.119. The number of hydrogen-bond donors (Lipinski definition) is 1. The molecule has 0 radical (unpaired) electrons. The lowest BCUT2D eigenvalue weighted by Gasteiger charge is -2.12. The summed E-state index contributed by atoms with van der Waals surface area (Å²) >= 11 is 2.58. The standard InChI is InChI=1S/C21H18N4O4S2/c1-13-18(20(30-2)25-19(23-13)15-7-5-10-28-15)21(27)29-12-17(26)24-14-6-3-4-8-16(14)31-11-9-22/h3-8,10H,11-12H2,1-2H3,(H,24,26). The number of benzene rings is 1. The van der Waals surface area contributed by atoms with Crippen molar-refractivity contribution in [3.05, 3.63) is 53.9 Å². The van der Waals surface area contributed by atoms with Crippen LogP contribution in [0.1, 0.15) is 16.1 Å². The Morgan fingerprint density at radius 1 is 1.23 bits per heavy atom. The summed E-state index contributed by atoms with van der Waals surface area (Å²) < 4.78 is 10.5. The van der Waals surface area contributed by atoms with E-state index in [2.05, 4.69) is 15.3 Å². The second-order valence-corrected chi connectivity index (χ2v) is 7.87. The van der Waals surface area contributed by atoms with Crippen LogP contribution in [-0.2, 0) is 9.53 Å². The van der Waals surface area contributed by atoms with Gasteiger partial charge < -0.3 is 14.5 Å². The Morgan fingerprint density at radius 2 is 2.03 bits per heavy atom. The topological polar surface area (TPSA) is 118 Å². The maximum Gasteiger partial charge on any atom is 0.343 e. The normalized spacial score (nSPS) is 10.4. The van der Waals surface area contributed by atoms with Crippen LogP contribution < -0.4 is 5.32 Å². The highest BCUT2D eigenvalue weighted by molar-refractivity contribution is 7.99. The molecule has 2 heterocycles. The van der Waals surface area contributed by atoms with Crippen molar-refractivity contribution in [1.29, 1.82) is 5.26 Å². The first-order valence-corrected chi connectivity index (χ1v) is 11.3. The van der Waals surface area contributed by atoms with Gasteiger partial charge in [0, 0.05) is 4.90 Å². The molecule has 0 aliphatic carbocycles. The minimum absolute atomic E-state index is 0.209. The van der Waals surface area contributed by atoms with Crippen LogP contribution >= 0.6 is 23.5 Å². The van der Waals surface area contributed by atoms with Crippen LogP contribution in [0.4, 0.5) is 5.69 Å². The number of nitrogens with one attached hydrogen (secondary N) is 1. The van der Waals surface area contributed by atoms with Crippen molar-refractivity contribution >= 4 is 41.1 Å². The zero-order chi connectivity index (χ0) is 22.2. The van der Waals surface area contributed by atoms with Gasteiger partial charge in [-0.25, -0.2) is 14.8 Å². The zero-order valence-electron chi connectivity index (χ0n) is 16.7. The van der Waals surface area contributed by atoms with Crippen molar-refractivity contribution in [2.75, 3.05) is 23.9 Å². The molecule has 0 fully saturated rings. The van der Waals surface area contributed by atoms with Gasteiger partial charge in [0.25, 0.3) is 5.91 Å². The summed E-state index contributed by atoms with van der Waals surface area (Å²) in [4.78, 5) is 34.4. The minimum Gasteiger partial charge on any atom is -0.461 e. The Labute approximate surface area is 187 Å². The first kappa shape index (κ1) is 22.4. The van der Waals surface area contributed by atoms with Gasteiger partial charge in [-0.1, -0.05) is 12.1 Å². The summed E-state index contributed by atoms with van der Waals surface area (Å²) in [5, 5.41) is 11.9. The number of aryl methyl sites for hydroxylation is 1. The van der Waals surface area contributed by atoms with Crippen LogP contribution in [0.5, 0.6) is 0 Å². The maximum absolute atomic E-state index is 12.6. The smallest absolute Gasteiger partial charge is 0.343 e. The van der Waals surface area contributed by atoms with Crippen LogP contribution in [0.25, 0.3) is 11.6 Å². The third-order valence-electron chi connectivity index (χ3n) is 3.98. The average Bonchev–Trinajstić information content (AvgIpc) is 3.31. The van der Waals surface area contributed by atoms with Gasteiger partial charge in [0.15, 0.2) is 18.2 Å². The molecule has 8 nitrogen and oxygen atoms in total. The molecule has 3 aromatic rings. The number of esters is 1. The molecule has 0 aliphatic rings. The lowest BCUT2D eigenvalue weighted by Crippen LogP contribution is -2.22. The second kappa shape index (κ2) is 10.7. The van der Waals surface area contributed by atoms with Gasteiger partial charge in [0.05, 0.1) is 29.5 Å². The van der Waals surface area contributed by atoms with E-state index in [0.717, 1.165) is 4.90 Å². The van der Waals surface area contributed by atoms with Crippen LogP contribution in [0.2, 0.25) is 0 Å². The first-order valence-electron chi connectivity index (χ1n) is 9.05. The molecule has 0 aliphatic heterocycles. The van der Waals surface area contributed by atoms with E-state index >= 15 is 0 Å². The fraction of sp³-hybridized carbons (Fsp3) is 0.190. The van der Waals surface area contributed by atoms with Crippen molar-refractivity contribution in [3.63, 3.8) is 0 Å². The number of anilines is 1. The van der Waals surface area contributed by atoms with Gasteiger partial charge >= 0.3 is 5.97 Å². The molecule has 31 heavy (non-hydrogen) atoms. The van der Waals surface area contributed by atoms with Gasteiger partial charge in [0.2, 0.25) is 0 Å². The predicted molar refractivity (Wildman–Crippen MR) is 118 cm³/mol. The summed E-state index contributed by atoms with van der Waals surface area (Å²) in [7, 11) is 0. The molecule has 0 bridgehead atoms. The largest absolute Gasteiger partial charge is 0.461 e. The second-order valence-electron chi connectivity index (χ2n) is 6.06. The number of carbonyl (C=O) groups excluding carboxylic acids is 2. The highest BCUT2D eigenvalue weighted by Gasteiger charge is 2.22. The first-order chi connectivity index (χ1) is 15.0. The fourth-order valence-corrected chi connectivity index (χ4v) is 3.92. The molecular formula is C21H18N4O4S2. The van der Waals surface area contributed by atoms with Gasteiger partial charge in [-0.15, -0.1) is 23.5 Å². The SMILES string of the molecule is CSc1nc(-c2ccco2)nc(C)c1C(=O)OCC(=O)Nc1ccccc1SCC#N. The van der Waals surface area contributed by atoms with Gasteiger partial charge in [0.1, 0.15) is 10.6 Å². The van der Waals surface area contributed by atoms with E-state index in [0.29, 0.717) is 28.0 Å². The molecule has 0 saturated heterocycles. The number of thioether (sulfide) groups is 2. The molecule has 0 spiro atoms. The van der Waals surface area contributed by atoms with Crippen LogP contribution in [0, 0.1) is 18.3 Å². The molecule has 0 atom stereocenters. The van der Waals surface area contributed by atoms with Crippen LogP contribution in [0.15, 0.2) is 57.0 Å². The molecule has 0 saturated carbocycles. The number of para-hydroxylation sites is 1.